The van der Waals surface area contributed by atoms with E-state index in [-0.39, 0.29) is 0 Å². The van der Waals surface area contributed by atoms with Crippen molar-refractivity contribution in [3.63, 3.8) is 0 Å². The summed E-state index contributed by atoms with van der Waals surface area (Å²) in [5.74, 6) is 0. The number of nitrogen functional groups attached to an aromatic ring is 1. The highest BCUT2D eigenvalue weighted by Gasteiger charge is 2.27. The van der Waals surface area contributed by atoms with E-state index in [1.165, 1.54) is 0 Å². The Kier molecular flexibility index (Phi) is 3.89. The molecule has 4 nitrogen and oxygen atoms in total. The maximum Gasteiger partial charge on any atom is 0.408 e. The molecule has 100 valence electrons. The second kappa shape index (κ2) is 4.88. The van der Waals surface area contributed by atoms with Crippen molar-refractivity contribution >= 4 is 11.8 Å². The van der Waals surface area contributed by atoms with Crippen LogP contribution in [0.15, 0.2) is 24.3 Å². The minimum absolute atomic E-state index is 0.448. The fraction of sp³-hybridized carbons (Fsp3) is 0.500. The number of amides is 1. The van der Waals surface area contributed by atoms with Gasteiger partial charge in [0.2, 0.25) is 0 Å². The Balaban J connectivity index is 2.83. The van der Waals surface area contributed by atoms with E-state index in [0.29, 0.717) is 5.69 Å². The van der Waals surface area contributed by atoms with Crippen molar-refractivity contribution in [1.82, 2.24) is 5.32 Å². The highest BCUT2D eigenvalue weighted by atomic mass is 16.6. The molecule has 0 bridgehead atoms. The lowest BCUT2D eigenvalue weighted by Gasteiger charge is -2.29. The number of carbonyl (C=O) groups is 1. The van der Waals surface area contributed by atoms with Gasteiger partial charge in [-0.3, -0.25) is 0 Å². The average Bonchev–Trinajstić information content (AvgIpc) is 2.13. The molecule has 1 aromatic rings. The molecule has 0 aliphatic heterocycles. The molecule has 0 aromatic heterocycles. The molecular weight excluding hydrogens is 228 g/mol. The Morgan fingerprint density at radius 2 is 1.72 bits per heavy atom. The third-order valence-electron chi connectivity index (χ3n) is 2.45. The van der Waals surface area contributed by atoms with Crippen molar-refractivity contribution in [3.8, 4) is 0 Å². The first-order chi connectivity index (χ1) is 8.12. The lowest BCUT2D eigenvalue weighted by atomic mass is 9.93. The van der Waals surface area contributed by atoms with E-state index < -0.39 is 17.2 Å². The number of nitrogens with two attached hydrogens (primary N) is 1. The molecule has 3 N–H and O–H groups in total. The first kappa shape index (κ1) is 14.4. The van der Waals surface area contributed by atoms with Gasteiger partial charge in [0.1, 0.15) is 5.60 Å². The zero-order valence-corrected chi connectivity index (χ0v) is 11.7. The summed E-state index contributed by atoms with van der Waals surface area (Å²) in [6.07, 6.45) is -0.448. The SMILES string of the molecule is CC(C)(C)OC(=O)NC(C)(C)c1ccccc1N. The van der Waals surface area contributed by atoms with E-state index in [2.05, 4.69) is 5.32 Å². The molecule has 0 saturated heterocycles. The van der Waals surface area contributed by atoms with Crippen molar-refractivity contribution in [2.24, 2.45) is 0 Å². The summed E-state index contributed by atoms with van der Waals surface area (Å²) in [4.78, 5) is 11.8. The molecule has 0 radical (unpaired) electrons. The number of anilines is 1. The molecule has 1 rings (SSSR count). The molecule has 0 aliphatic carbocycles. The van der Waals surface area contributed by atoms with Crippen LogP contribution in [0.1, 0.15) is 40.2 Å². The number of carbonyl (C=O) groups excluding carboxylic acids is 1. The van der Waals surface area contributed by atoms with Crippen LogP contribution >= 0.6 is 0 Å². The summed E-state index contributed by atoms with van der Waals surface area (Å²) >= 11 is 0. The highest BCUT2D eigenvalue weighted by Crippen LogP contribution is 2.25. The van der Waals surface area contributed by atoms with Crippen LogP contribution in [-0.2, 0) is 10.3 Å². The Morgan fingerprint density at radius 3 is 2.22 bits per heavy atom. The van der Waals surface area contributed by atoms with Crippen LogP contribution in [-0.4, -0.2) is 11.7 Å². The zero-order valence-electron chi connectivity index (χ0n) is 11.7. The second-order valence-electron chi connectivity index (χ2n) is 5.84. The lowest BCUT2D eigenvalue weighted by Crippen LogP contribution is -2.44. The van der Waals surface area contributed by atoms with Gasteiger partial charge in [0.25, 0.3) is 0 Å². The van der Waals surface area contributed by atoms with Gasteiger partial charge in [-0.1, -0.05) is 18.2 Å². The minimum Gasteiger partial charge on any atom is -0.444 e. The molecule has 0 spiro atoms. The molecule has 0 unspecified atom stereocenters. The van der Waals surface area contributed by atoms with Crippen molar-refractivity contribution in [2.45, 2.75) is 45.8 Å². The molecule has 18 heavy (non-hydrogen) atoms. The van der Waals surface area contributed by atoms with Gasteiger partial charge in [-0.25, -0.2) is 4.79 Å². The summed E-state index contributed by atoms with van der Waals surface area (Å²) in [6, 6.07) is 7.47. The Hall–Kier alpha value is -1.71. The topological polar surface area (TPSA) is 64.3 Å². The zero-order chi connectivity index (χ0) is 14.0. The quantitative estimate of drug-likeness (QED) is 0.793. The van der Waals surface area contributed by atoms with Crippen LogP contribution in [0.2, 0.25) is 0 Å². The van der Waals surface area contributed by atoms with Gasteiger partial charge in [0, 0.05) is 5.69 Å². The van der Waals surface area contributed by atoms with E-state index >= 15 is 0 Å². The van der Waals surface area contributed by atoms with Crippen LogP contribution in [0.5, 0.6) is 0 Å². The predicted molar refractivity (Wildman–Crippen MR) is 73.3 cm³/mol. The molecular formula is C14H22N2O2. The summed E-state index contributed by atoms with van der Waals surface area (Å²) < 4.78 is 5.24. The van der Waals surface area contributed by atoms with Crippen molar-refractivity contribution in [3.05, 3.63) is 29.8 Å². The summed E-state index contributed by atoms with van der Waals surface area (Å²) in [6.45, 7) is 9.27. The van der Waals surface area contributed by atoms with Gasteiger partial charge in [-0.15, -0.1) is 0 Å². The summed E-state index contributed by atoms with van der Waals surface area (Å²) in [5, 5.41) is 2.83. The third kappa shape index (κ3) is 3.95. The van der Waals surface area contributed by atoms with Gasteiger partial charge in [0.15, 0.2) is 0 Å². The first-order valence-corrected chi connectivity index (χ1v) is 5.98. The number of rotatable bonds is 2. The van der Waals surface area contributed by atoms with E-state index in [0.717, 1.165) is 5.56 Å². The van der Waals surface area contributed by atoms with E-state index in [1.54, 1.807) is 0 Å². The van der Waals surface area contributed by atoms with Gasteiger partial charge < -0.3 is 15.8 Å². The summed E-state index contributed by atoms with van der Waals surface area (Å²) in [7, 11) is 0. The van der Waals surface area contributed by atoms with Crippen LogP contribution in [0.25, 0.3) is 0 Å². The van der Waals surface area contributed by atoms with Crippen molar-refractivity contribution < 1.29 is 9.53 Å². The normalized spacial score (nSPS) is 12.1. The Labute approximate surface area is 109 Å². The van der Waals surface area contributed by atoms with Gasteiger partial charge >= 0.3 is 6.09 Å². The number of hydrogen-bond donors (Lipinski definition) is 2. The predicted octanol–water partition coefficient (Wildman–Crippen LogP) is 3.03. The second-order valence-corrected chi connectivity index (χ2v) is 5.84. The third-order valence-corrected chi connectivity index (χ3v) is 2.45. The maximum atomic E-state index is 11.8. The average molecular weight is 250 g/mol. The molecule has 0 fully saturated rings. The van der Waals surface area contributed by atoms with Crippen LogP contribution in [0.3, 0.4) is 0 Å². The fourth-order valence-corrected chi connectivity index (χ4v) is 1.69. The van der Waals surface area contributed by atoms with Gasteiger partial charge in [-0.05, 0) is 46.2 Å². The highest BCUT2D eigenvalue weighted by molar-refractivity contribution is 5.70. The van der Waals surface area contributed by atoms with Gasteiger partial charge in [-0.2, -0.15) is 0 Å². The number of alkyl carbamates (subject to hydrolysis) is 1. The molecule has 1 amide bonds. The number of nitrogens with one attached hydrogen (secondary N) is 1. The Morgan fingerprint density at radius 1 is 1.17 bits per heavy atom. The van der Waals surface area contributed by atoms with Crippen LogP contribution in [0.4, 0.5) is 10.5 Å². The largest absolute Gasteiger partial charge is 0.444 e. The molecule has 0 aliphatic rings. The molecule has 0 atom stereocenters. The Bertz CT molecular complexity index is 434. The van der Waals surface area contributed by atoms with Crippen LogP contribution < -0.4 is 11.1 Å². The minimum atomic E-state index is -0.576. The molecule has 0 heterocycles. The number of ether oxygens (including phenoxy) is 1. The smallest absolute Gasteiger partial charge is 0.408 e. The standard InChI is InChI=1S/C14H22N2O2/c1-13(2,3)18-12(17)16-14(4,5)10-8-6-7-9-11(10)15/h6-9H,15H2,1-5H3,(H,16,17). The molecule has 0 saturated carbocycles. The van der Waals surface area contributed by atoms with Crippen LogP contribution in [0, 0.1) is 0 Å². The summed E-state index contributed by atoms with van der Waals surface area (Å²) in [5.41, 5.74) is 6.35. The maximum absolute atomic E-state index is 11.8. The van der Waals surface area contributed by atoms with E-state index in [4.69, 9.17) is 10.5 Å². The molecule has 1 aromatic carbocycles. The van der Waals surface area contributed by atoms with Gasteiger partial charge in [0.05, 0.1) is 5.54 Å². The lowest BCUT2D eigenvalue weighted by molar-refractivity contribution is 0.0471. The number of benzene rings is 1. The first-order valence-electron chi connectivity index (χ1n) is 5.98. The van der Waals surface area contributed by atoms with E-state index in [9.17, 15) is 4.79 Å². The fourth-order valence-electron chi connectivity index (χ4n) is 1.69. The number of hydrogen-bond acceptors (Lipinski definition) is 3. The van der Waals surface area contributed by atoms with Crippen molar-refractivity contribution in [2.75, 3.05) is 5.73 Å². The molecule has 4 heteroatoms. The van der Waals surface area contributed by atoms with E-state index in [1.807, 2.05) is 58.9 Å². The number of para-hydroxylation sites is 1. The monoisotopic (exact) mass is 250 g/mol. The van der Waals surface area contributed by atoms with Crippen molar-refractivity contribution in [1.29, 1.82) is 0 Å².